The molecule has 0 aliphatic carbocycles. The summed E-state index contributed by atoms with van der Waals surface area (Å²) in [5.41, 5.74) is 9.63. The number of aryl methyl sites for hydroxylation is 1. The van der Waals surface area contributed by atoms with Crippen molar-refractivity contribution in [1.82, 2.24) is 25.0 Å². The number of aliphatic hydroxyl groups excluding tert-OH is 1. The van der Waals surface area contributed by atoms with Crippen LogP contribution in [0.4, 0.5) is 17.6 Å². The van der Waals surface area contributed by atoms with E-state index in [-0.39, 0.29) is 44.8 Å². The van der Waals surface area contributed by atoms with Gasteiger partial charge in [0.2, 0.25) is 17.7 Å². The largest absolute Gasteiger partial charge is 0.490 e. The fourth-order valence-electron chi connectivity index (χ4n) is 6.23. The molecule has 4 rings (SSSR count). The van der Waals surface area contributed by atoms with Gasteiger partial charge in [0, 0.05) is 75.2 Å². The Hall–Kier alpha value is -5.88. The number of carboxylic acid groups (broad SMARTS) is 1. The van der Waals surface area contributed by atoms with Crippen molar-refractivity contribution in [2.24, 2.45) is 11.1 Å². The number of nitrogens with one attached hydrogen (secondary N) is 2. The summed E-state index contributed by atoms with van der Waals surface area (Å²) >= 11 is 0. The average Bonchev–Trinajstić information content (AvgIpc) is 3.71. The summed E-state index contributed by atoms with van der Waals surface area (Å²) in [6.45, 7) is 7.50. The molecular formula is C40H48F4N6O8. The molecule has 3 aromatic rings. The number of halogens is 4. The molecule has 0 spiro atoms. The predicted molar refractivity (Wildman–Crippen MR) is 204 cm³/mol. The second-order valence-electron chi connectivity index (χ2n) is 14.5. The quantitative estimate of drug-likeness (QED) is 0.106. The second-order valence-corrected chi connectivity index (χ2v) is 14.5. The molecule has 1 aromatic heterocycles. The molecule has 1 aliphatic heterocycles. The zero-order valence-corrected chi connectivity index (χ0v) is 32.5. The standard InChI is InChI=1S/C38H47FN6O6.C2HF3O2/c1-25-10-11-28(39)19-30(25)27-18-31(43(22-27)21-26-8-6-5-7-9-26)37(38(2,3)4)45(36(51)24-46)23-29(20-40)42-33(48)13-12-32(47)41-16-17-44-34(49)14-15-35(44)50;3-2(4,5)1(6)7/h5-11,14-15,18-19,22,29,37,46H,12-13,16-17,20-21,23-24,40H2,1-4H3,(H,41,47)(H,42,48);(H,6,7). The van der Waals surface area contributed by atoms with Gasteiger partial charge in [-0.1, -0.05) is 57.2 Å². The molecule has 0 fully saturated rings. The van der Waals surface area contributed by atoms with Gasteiger partial charge in [0.1, 0.15) is 12.4 Å². The smallest absolute Gasteiger partial charge is 0.475 e. The van der Waals surface area contributed by atoms with E-state index >= 15 is 0 Å². The average molecular weight is 817 g/mol. The summed E-state index contributed by atoms with van der Waals surface area (Å²) in [5, 5.41) is 22.7. The van der Waals surface area contributed by atoms with Crippen molar-refractivity contribution in [2.45, 2.75) is 65.3 Å². The van der Waals surface area contributed by atoms with Gasteiger partial charge in [-0.3, -0.25) is 28.9 Å². The minimum Gasteiger partial charge on any atom is -0.475 e. The van der Waals surface area contributed by atoms with Crippen molar-refractivity contribution in [3.63, 3.8) is 0 Å². The molecule has 314 valence electrons. The van der Waals surface area contributed by atoms with Gasteiger partial charge < -0.3 is 36.0 Å². The van der Waals surface area contributed by atoms with Crippen molar-refractivity contribution in [3.05, 3.63) is 95.6 Å². The SMILES string of the molecule is Cc1ccc(F)cc1-c1cc(C(N(CC(CN)NC(=O)CCC(=O)NCCN2C(=O)C=CC2=O)C(=O)CO)C(C)(C)C)n(Cc2ccccc2)c1.O=C(O)C(F)(F)F. The topological polar surface area (TPSA) is 204 Å². The van der Waals surface area contributed by atoms with Gasteiger partial charge in [-0.15, -0.1) is 0 Å². The molecule has 2 aromatic carbocycles. The molecule has 6 N–H and O–H groups in total. The zero-order chi connectivity index (χ0) is 43.4. The van der Waals surface area contributed by atoms with Crippen LogP contribution in [0.3, 0.4) is 0 Å². The molecule has 0 radical (unpaired) electrons. The number of alkyl halides is 3. The van der Waals surface area contributed by atoms with Gasteiger partial charge in [0.25, 0.3) is 11.8 Å². The van der Waals surface area contributed by atoms with Crippen LogP contribution in [0.2, 0.25) is 0 Å². The second kappa shape index (κ2) is 20.5. The highest BCUT2D eigenvalue weighted by atomic mass is 19.4. The van der Waals surface area contributed by atoms with E-state index in [1.807, 2.05) is 74.9 Å². The highest BCUT2D eigenvalue weighted by molar-refractivity contribution is 6.12. The lowest BCUT2D eigenvalue weighted by molar-refractivity contribution is -0.192. The number of aliphatic carboxylic acids is 1. The third-order valence-electron chi connectivity index (χ3n) is 8.95. The highest BCUT2D eigenvalue weighted by Gasteiger charge is 2.39. The van der Waals surface area contributed by atoms with Crippen molar-refractivity contribution in [3.8, 4) is 11.1 Å². The molecule has 2 unspecified atom stereocenters. The zero-order valence-electron chi connectivity index (χ0n) is 32.5. The van der Waals surface area contributed by atoms with E-state index in [0.29, 0.717) is 12.1 Å². The van der Waals surface area contributed by atoms with Gasteiger partial charge in [-0.05, 0) is 47.2 Å². The predicted octanol–water partition coefficient (Wildman–Crippen LogP) is 3.46. The van der Waals surface area contributed by atoms with Crippen molar-refractivity contribution < 1.29 is 56.5 Å². The van der Waals surface area contributed by atoms with Gasteiger partial charge in [0.15, 0.2) is 0 Å². The van der Waals surface area contributed by atoms with Gasteiger partial charge in [-0.2, -0.15) is 13.2 Å². The molecule has 18 heteroatoms. The van der Waals surface area contributed by atoms with Crippen LogP contribution < -0.4 is 16.4 Å². The van der Waals surface area contributed by atoms with E-state index in [1.54, 1.807) is 6.07 Å². The van der Waals surface area contributed by atoms with Gasteiger partial charge in [0.05, 0.1) is 12.1 Å². The maximum Gasteiger partial charge on any atom is 0.490 e. The number of aliphatic hydroxyl groups is 1. The number of carboxylic acids is 1. The van der Waals surface area contributed by atoms with E-state index in [2.05, 4.69) is 10.6 Å². The first-order chi connectivity index (χ1) is 27.2. The summed E-state index contributed by atoms with van der Waals surface area (Å²) < 4.78 is 48.2. The number of rotatable bonds is 16. The Kier molecular flexibility index (Phi) is 16.4. The lowest BCUT2D eigenvalue weighted by atomic mass is 9.82. The summed E-state index contributed by atoms with van der Waals surface area (Å²) in [7, 11) is 0. The van der Waals surface area contributed by atoms with E-state index in [1.165, 1.54) is 17.0 Å². The lowest BCUT2D eigenvalue weighted by Crippen LogP contribution is -2.53. The van der Waals surface area contributed by atoms with Crippen LogP contribution >= 0.6 is 0 Å². The van der Waals surface area contributed by atoms with Crippen LogP contribution in [0.25, 0.3) is 11.1 Å². The first-order valence-electron chi connectivity index (χ1n) is 18.2. The molecule has 2 heterocycles. The van der Waals surface area contributed by atoms with Crippen LogP contribution in [-0.4, -0.2) is 105 Å². The summed E-state index contributed by atoms with van der Waals surface area (Å²) in [6.07, 6.45) is -1.14. The Balaban J connectivity index is 0.00000117. The third-order valence-corrected chi connectivity index (χ3v) is 8.95. The molecule has 0 bridgehead atoms. The molecule has 2 atom stereocenters. The fourth-order valence-corrected chi connectivity index (χ4v) is 6.23. The Morgan fingerprint density at radius 2 is 1.53 bits per heavy atom. The Labute approximate surface area is 332 Å². The third kappa shape index (κ3) is 13.4. The minimum atomic E-state index is -5.08. The van der Waals surface area contributed by atoms with Gasteiger partial charge in [-0.25, -0.2) is 9.18 Å². The number of carbonyl (C=O) groups excluding carboxylic acids is 5. The molecule has 58 heavy (non-hydrogen) atoms. The molecule has 0 saturated carbocycles. The molecular weight excluding hydrogens is 768 g/mol. The summed E-state index contributed by atoms with van der Waals surface area (Å²) in [6, 6.07) is 15.0. The summed E-state index contributed by atoms with van der Waals surface area (Å²) in [4.78, 5) is 73.7. The van der Waals surface area contributed by atoms with Gasteiger partial charge >= 0.3 is 12.1 Å². The summed E-state index contributed by atoms with van der Waals surface area (Å²) in [5.74, 6) is -5.49. The monoisotopic (exact) mass is 816 g/mol. The molecule has 14 nitrogen and oxygen atoms in total. The normalized spacial score (nSPS) is 13.7. The van der Waals surface area contributed by atoms with Crippen molar-refractivity contribution >= 4 is 35.5 Å². The Bertz CT molecular complexity index is 1960. The van der Waals surface area contributed by atoms with Crippen LogP contribution in [0, 0.1) is 18.2 Å². The van der Waals surface area contributed by atoms with Crippen LogP contribution in [-0.2, 0) is 35.3 Å². The van der Waals surface area contributed by atoms with E-state index in [9.17, 15) is 46.6 Å². The van der Waals surface area contributed by atoms with Crippen LogP contribution in [0.1, 0.15) is 56.5 Å². The Morgan fingerprint density at radius 1 is 0.931 bits per heavy atom. The lowest BCUT2D eigenvalue weighted by Gasteiger charge is -2.42. The van der Waals surface area contributed by atoms with Crippen LogP contribution in [0.15, 0.2) is 72.9 Å². The van der Waals surface area contributed by atoms with Crippen LogP contribution in [0.5, 0.6) is 0 Å². The number of hydrogen-bond donors (Lipinski definition) is 5. The number of hydrogen-bond acceptors (Lipinski definition) is 8. The van der Waals surface area contributed by atoms with E-state index in [4.69, 9.17) is 15.6 Å². The maximum atomic E-state index is 14.5. The van der Waals surface area contributed by atoms with E-state index < -0.39 is 65.8 Å². The molecule has 0 saturated heterocycles. The maximum absolute atomic E-state index is 14.5. The number of carbonyl (C=O) groups is 6. The first-order valence-corrected chi connectivity index (χ1v) is 18.2. The number of nitrogens with zero attached hydrogens (tertiary/aromatic N) is 3. The minimum absolute atomic E-state index is 0.0135. The highest BCUT2D eigenvalue weighted by Crippen LogP contribution is 2.41. The van der Waals surface area contributed by atoms with Crippen molar-refractivity contribution in [1.29, 1.82) is 0 Å². The molecule has 1 aliphatic rings. The number of benzene rings is 2. The van der Waals surface area contributed by atoms with Crippen molar-refractivity contribution in [2.75, 3.05) is 32.8 Å². The Morgan fingerprint density at radius 3 is 2.09 bits per heavy atom. The number of aromatic nitrogens is 1. The van der Waals surface area contributed by atoms with E-state index in [0.717, 1.165) is 39.4 Å². The molecule has 5 amide bonds. The number of imide groups is 1. The fraction of sp³-hybridized carbons (Fsp3) is 0.400. The first kappa shape index (κ1) is 46.5. The number of nitrogens with two attached hydrogens (primary N) is 1. The number of amides is 5.